The SMILES string of the molecule is NNC(=O)c1ccc(CSc2n[nH]c(=O)n2C2CC2)o1. The van der Waals surface area contributed by atoms with Crippen molar-refractivity contribution in [1.29, 1.82) is 0 Å². The normalized spacial score (nSPS) is 14.4. The third-order valence-electron chi connectivity index (χ3n) is 2.94. The highest BCUT2D eigenvalue weighted by molar-refractivity contribution is 7.98. The lowest BCUT2D eigenvalue weighted by atomic mass is 10.4. The summed E-state index contributed by atoms with van der Waals surface area (Å²) in [6, 6.07) is 3.51. The van der Waals surface area contributed by atoms with Crippen LogP contribution in [-0.2, 0) is 5.75 Å². The van der Waals surface area contributed by atoms with Crippen molar-refractivity contribution in [2.75, 3.05) is 0 Å². The van der Waals surface area contributed by atoms with Crippen LogP contribution in [-0.4, -0.2) is 20.7 Å². The summed E-state index contributed by atoms with van der Waals surface area (Å²) >= 11 is 1.39. The number of amides is 1. The number of rotatable bonds is 5. The summed E-state index contributed by atoms with van der Waals surface area (Å²) in [7, 11) is 0. The van der Waals surface area contributed by atoms with Crippen molar-refractivity contribution in [2.24, 2.45) is 5.84 Å². The molecule has 1 saturated carbocycles. The molecule has 0 aliphatic heterocycles. The summed E-state index contributed by atoms with van der Waals surface area (Å²) in [6.45, 7) is 0. The van der Waals surface area contributed by atoms with Crippen molar-refractivity contribution in [3.05, 3.63) is 34.1 Å². The van der Waals surface area contributed by atoms with Crippen LogP contribution in [0, 0.1) is 0 Å². The van der Waals surface area contributed by atoms with Gasteiger partial charge in [0, 0.05) is 6.04 Å². The molecule has 0 spiro atoms. The lowest BCUT2D eigenvalue weighted by Crippen LogP contribution is -2.29. The minimum atomic E-state index is -0.476. The highest BCUT2D eigenvalue weighted by Crippen LogP contribution is 2.36. The Balaban J connectivity index is 1.69. The smallest absolute Gasteiger partial charge is 0.344 e. The lowest BCUT2D eigenvalue weighted by molar-refractivity contribution is 0.0924. The highest BCUT2D eigenvalue weighted by Gasteiger charge is 2.28. The highest BCUT2D eigenvalue weighted by atomic mass is 32.2. The summed E-state index contributed by atoms with van der Waals surface area (Å²) in [5.41, 5.74) is 1.82. The molecule has 0 atom stereocenters. The number of H-pyrrole nitrogens is 1. The molecule has 0 saturated heterocycles. The van der Waals surface area contributed by atoms with Gasteiger partial charge in [0.2, 0.25) is 0 Å². The molecule has 0 aromatic carbocycles. The molecule has 2 heterocycles. The number of aromatic amines is 1. The number of nitrogens with two attached hydrogens (primary N) is 1. The van der Waals surface area contributed by atoms with Crippen LogP contribution in [0.3, 0.4) is 0 Å². The summed E-state index contributed by atoms with van der Waals surface area (Å²) in [6.07, 6.45) is 2.02. The van der Waals surface area contributed by atoms with Crippen LogP contribution in [0.15, 0.2) is 26.5 Å². The van der Waals surface area contributed by atoms with E-state index in [2.05, 4.69) is 10.2 Å². The number of nitrogens with zero attached hydrogens (tertiary/aromatic N) is 2. The molecule has 1 fully saturated rings. The number of carbonyl (C=O) groups is 1. The Kier molecular flexibility index (Phi) is 3.36. The fourth-order valence-corrected chi connectivity index (χ4v) is 2.74. The van der Waals surface area contributed by atoms with E-state index in [1.165, 1.54) is 11.8 Å². The lowest BCUT2D eigenvalue weighted by Gasteiger charge is -2.01. The van der Waals surface area contributed by atoms with Gasteiger partial charge in [-0.05, 0) is 25.0 Å². The summed E-state index contributed by atoms with van der Waals surface area (Å²) in [4.78, 5) is 22.9. The number of thioether (sulfide) groups is 1. The van der Waals surface area contributed by atoms with E-state index in [0.29, 0.717) is 16.7 Å². The zero-order valence-corrected chi connectivity index (χ0v) is 11.3. The molecule has 0 radical (unpaired) electrons. The fraction of sp³-hybridized carbons (Fsp3) is 0.364. The number of nitrogen functional groups attached to an aromatic ring is 1. The molecule has 3 rings (SSSR count). The number of hydrogen-bond donors (Lipinski definition) is 3. The van der Waals surface area contributed by atoms with Crippen molar-refractivity contribution >= 4 is 17.7 Å². The van der Waals surface area contributed by atoms with E-state index in [1.807, 2.05) is 5.43 Å². The maximum absolute atomic E-state index is 11.6. The second-order valence-corrected chi connectivity index (χ2v) is 5.38. The van der Waals surface area contributed by atoms with E-state index in [9.17, 15) is 9.59 Å². The summed E-state index contributed by atoms with van der Waals surface area (Å²) in [5, 5.41) is 7.09. The third kappa shape index (κ3) is 2.49. The first-order chi connectivity index (χ1) is 9.69. The standard InChI is InChI=1S/C11H13N5O3S/c12-13-9(17)8-4-3-7(19-8)5-20-11-15-14-10(18)16(11)6-1-2-6/h3-4,6H,1-2,5,12H2,(H,13,17)(H,14,18). The average Bonchev–Trinajstić information content (AvgIpc) is 3.05. The van der Waals surface area contributed by atoms with Crippen LogP contribution in [0.1, 0.15) is 35.2 Å². The van der Waals surface area contributed by atoms with E-state index in [-0.39, 0.29) is 17.5 Å². The van der Waals surface area contributed by atoms with Crippen LogP contribution in [0.4, 0.5) is 0 Å². The van der Waals surface area contributed by atoms with Crippen LogP contribution in [0.25, 0.3) is 0 Å². The van der Waals surface area contributed by atoms with Gasteiger partial charge in [0.25, 0.3) is 0 Å². The van der Waals surface area contributed by atoms with E-state index >= 15 is 0 Å². The predicted octanol–water partition coefficient (Wildman–Crippen LogP) is 0.395. The van der Waals surface area contributed by atoms with Gasteiger partial charge in [0.1, 0.15) is 5.76 Å². The molecule has 20 heavy (non-hydrogen) atoms. The quantitative estimate of drug-likeness (QED) is 0.318. The van der Waals surface area contributed by atoms with Gasteiger partial charge in [0.05, 0.1) is 5.75 Å². The van der Waals surface area contributed by atoms with Crippen molar-refractivity contribution in [3.8, 4) is 0 Å². The Morgan fingerprint density at radius 3 is 3.10 bits per heavy atom. The van der Waals surface area contributed by atoms with Crippen LogP contribution >= 0.6 is 11.8 Å². The maximum Gasteiger partial charge on any atom is 0.344 e. The maximum atomic E-state index is 11.6. The Hall–Kier alpha value is -2.00. The van der Waals surface area contributed by atoms with E-state index < -0.39 is 5.91 Å². The Morgan fingerprint density at radius 1 is 1.60 bits per heavy atom. The van der Waals surface area contributed by atoms with Gasteiger partial charge in [-0.3, -0.25) is 14.8 Å². The minimum absolute atomic E-state index is 0.157. The molecule has 1 aliphatic carbocycles. The number of carbonyl (C=O) groups excluding carboxylic acids is 1. The molecule has 1 amide bonds. The van der Waals surface area contributed by atoms with Gasteiger partial charge < -0.3 is 4.42 Å². The van der Waals surface area contributed by atoms with Crippen LogP contribution in [0.5, 0.6) is 0 Å². The number of hydrazine groups is 1. The first-order valence-electron chi connectivity index (χ1n) is 6.08. The molecule has 1 aliphatic rings. The topological polar surface area (TPSA) is 119 Å². The summed E-state index contributed by atoms with van der Waals surface area (Å²) in [5.74, 6) is 5.80. The molecule has 106 valence electrons. The second kappa shape index (κ2) is 5.17. The zero-order chi connectivity index (χ0) is 14.1. The third-order valence-corrected chi connectivity index (χ3v) is 3.92. The average molecular weight is 295 g/mol. The molecule has 9 heteroatoms. The Labute approximate surface area is 117 Å². The second-order valence-electron chi connectivity index (χ2n) is 4.44. The molecule has 2 aromatic rings. The number of nitrogens with one attached hydrogen (secondary N) is 2. The largest absolute Gasteiger partial charge is 0.455 e. The molecule has 2 aromatic heterocycles. The monoisotopic (exact) mass is 295 g/mol. The van der Waals surface area contributed by atoms with E-state index in [4.69, 9.17) is 10.3 Å². The molecular formula is C11H13N5O3S. The van der Waals surface area contributed by atoms with Gasteiger partial charge in [-0.15, -0.1) is 5.10 Å². The van der Waals surface area contributed by atoms with Crippen molar-refractivity contribution in [3.63, 3.8) is 0 Å². The first kappa shape index (κ1) is 13.0. The van der Waals surface area contributed by atoms with Crippen molar-refractivity contribution in [1.82, 2.24) is 20.2 Å². The molecule has 0 bridgehead atoms. The number of furan rings is 1. The molecular weight excluding hydrogens is 282 g/mol. The number of hydrogen-bond acceptors (Lipinski definition) is 6. The van der Waals surface area contributed by atoms with E-state index in [1.54, 1.807) is 16.7 Å². The minimum Gasteiger partial charge on any atom is -0.455 e. The van der Waals surface area contributed by atoms with Gasteiger partial charge in [0.15, 0.2) is 10.9 Å². The van der Waals surface area contributed by atoms with Gasteiger partial charge in [-0.1, -0.05) is 11.8 Å². The fourth-order valence-electron chi connectivity index (χ4n) is 1.83. The molecule has 0 unspecified atom stereocenters. The molecule has 4 N–H and O–H groups in total. The van der Waals surface area contributed by atoms with Gasteiger partial charge >= 0.3 is 11.6 Å². The zero-order valence-electron chi connectivity index (χ0n) is 10.5. The van der Waals surface area contributed by atoms with E-state index in [0.717, 1.165) is 12.8 Å². The van der Waals surface area contributed by atoms with Crippen molar-refractivity contribution < 1.29 is 9.21 Å². The Morgan fingerprint density at radius 2 is 2.40 bits per heavy atom. The predicted molar refractivity (Wildman–Crippen MR) is 71.0 cm³/mol. The first-order valence-corrected chi connectivity index (χ1v) is 7.07. The van der Waals surface area contributed by atoms with Crippen molar-refractivity contribution in [2.45, 2.75) is 29.8 Å². The van der Waals surface area contributed by atoms with Gasteiger partial charge in [-0.2, -0.15) is 0 Å². The number of aromatic nitrogens is 3. The van der Waals surface area contributed by atoms with Gasteiger partial charge in [-0.25, -0.2) is 15.7 Å². The Bertz CT molecular complexity index is 684. The van der Waals surface area contributed by atoms with Crippen LogP contribution < -0.4 is 17.0 Å². The van der Waals surface area contributed by atoms with Crippen LogP contribution in [0.2, 0.25) is 0 Å². The molecule has 8 nitrogen and oxygen atoms in total. The summed E-state index contributed by atoms with van der Waals surface area (Å²) < 4.78 is 7.01.